The largest absolute Gasteiger partial charge is 0.497 e. The van der Waals surface area contributed by atoms with Crippen molar-refractivity contribution in [3.8, 4) is 33.9 Å². The van der Waals surface area contributed by atoms with Gasteiger partial charge in [-0.1, -0.05) is 122 Å². The van der Waals surface area contributed by atoms with Crippen LogP contribution in [0.4, 0.5) is 17.1 Å². The minimum absolute atomic E-state index is 0.0182. The summed E-state index contributed by atoms with van der Waals surface area (Å²) in [5.41, 5.74) is 10.2. The third-order valence-corrected chi connectivity index (χ3v) is 19.9. The number of rotatable bonds is 25. The number of ether oxygens (including phenoxy) is 5. The molecule has 4 aliphatic heterocycles. The minimum Gasteiger partial charge on any atom is -0.497 e. The Balaban J connectivity index is 0.739. The molecule has 4 heterocycles. The summed E-state index contributed by atoms with van der Waals surface area (Å²) in [7, 11) is -0.831. The van der Waals surface area contributed by atoms with Crippen molar-refractivity contribution < 1.29 is 56.0 Å². The van der Waals surface area contributed by atoms with Gasteiger partial charge in [0.1, 0.15) is 47.4 Å². The van der Waals surface area contributed by atoms with Crippen molar-refractivity contribution in [2.24, 2.45) is 11.8 Å². The molecule has 15 nitrogen and oxygen atoms in total. The molecule has 0 radical (unpaired) electrons. The highest BCUT2D eigenvalue weighted by atomic mass is 32.2. The van der Waals surface area contributed by atoms with Crippen LogP contribution in [-0.2, 0) is 57.1 Å². The topological polar surface area (TPSA) is 174 Å². The fraction of sp³-hybridized carbons (Fsp3) is 0.297. The summed E-state index contributed by atoms with van der Waals surface area (Å²) < 4.78 is 70.2. The maximum Gasteiger partial charge on any atom is 0.332 e. The number of anilines is 2. The highest BCUT2D eigenvalue weighted by Gasteiger charge is 2.40. The van der Waals surface area contributed by atoms with Gasteiger partial charge in [-0.15, -0.1) is 0 Å². The molecule has 16 heteroatoms. The van der Waals surface area contributed by atoms with Crippen molar-refractivity contribution in [2.45, 2.75) is 68.3 Å². The van der Waals surface area contributed by atoms with Crippen LogP contribution in [0.25, 0.3) is 33.4 Å². The summed E-state index contributed by atoms with van der Waals surface area (Å²) in [5, 5.41) is 10.9. The van der Waals surface area contributed by atoms with Gasteiger partial charge in [-0.3, -0.25) is 4.79 Å². The van der Waals surface area contributed by atoms with Crippen molar-refractivity contribution in [1.29, 1.82) is 0 Å². The van der Waals surface area contributed by atoms with E-state index in [9.17, 15) is 14.4 Å². The molecule has 7 aromatic carbocycles. The summed E-state index contributed by atoms with van der Waals surface area (Å²) in [5.74, 6) is -0.351. The Morgan fingerprint density at radius 3 is 2.08 bits per heavy atom. The normalized spacial score (nSPS) is 15.4. The number of carboxylic acids is 1. The molecule has 1 N–H and O–H groups in total. The lowest BCUT2D eigenvalue weighted by Crippen LogP contribution is -2.40. The number of hydrogen-bond donors (Lipinski definition) is 1. The van der Waals surface area contributed by atoms with Gasteiger partial charge >= 0.3 is 11.9 Å². The Morgan fingerprint density at radius 2 is 1.34 bits per heavy atom. The van der Waals surface area contributed by atoms with E-state index in [1.807, 2.05) is 91.0 Å². The number of Topliss-reactive ketones (excluding diaryl/α,β-unsaturated/α-hetero) is 1. The SMILES string of the molecule is COc1ccc(C(OCC(CCCCCC(=O)C2CCN(S(=O)(=O)c3ccccc3-c3c4ccc(=[N+]5CCc6ccccc65)cc-4oc4cc(N5CCc6ccccc65)ccc34)CC2)COC(=O)COCC(=O)O)(c2ccccc2)c2ccc(OC)cc2)cc1. The van der Waals surface area contributed by atoms with Gasteiger partial charge in [0.25, 0.3) is 0 Å². The van der Waals surface area contributed by atoms with Gasteiger partial charge < -0.3 is 38.1 Å². The monoisotopic (exact) mass is 1230 g/mol. The third-order valence-electron chi connectivity index (χ3n) is 17.9. The highest BCUT2D eigenvalue weighted by molar-refractivity contribution is 7.89. The Morgan fingerprint density at radius 1 is 0.667 bits per heavy atom. The second-order valence-electron chi connectivity index (χ2n) is 23.4. The number of aliphatic carboxylic acids is 1. The van der Waals surface area contributed by atoms with Gasteiger partial charge in [-0.25, -0.2) is 18.0 Å². The summed E-state index contributed by atoms with van der Waals surface area (Å²) in [6, 6.07) is 62.1. The Hall–Kier alpha value is -8.93. The smallest absolute Gasteiger partial charge is 0.332 e. The van der Waals surface area contributed by atoms with Crippen molar-refractivity contribution in [1.82, 2.24) is 8.88 Å². The first-order valence-corrected chi connectivity index (χ1v) is 32.5. The van der Waals surface area contributed by atoms with Crippen molar-refractivity contribution in [3.05, 3.63) is 221 Å². The first kappa shape index (κ1) is 61.3. The number of fused-ring (bicyclic) bond motifs is 4. The van der Waals surface area contributed by atoms with E-state index in [2.05, 4.69) is 94.4 Å². The minimum atomic E-state index is -4.06. The number of carbonyl (C=O) groups excluding carboxylic acids is 2. The fourth-order valence-corrected chi connectivity index (χ4v) is 14.9. The second kappa shape index (κ2) is 27.4. The molecule has 0 amide bonds. The molecule has 7 aromatic rings. The molecule has 12 rings (SSSR count). The number of piperidine rings is 1. The van der Waals surface area contributed by atoms with E-state index in [1.54, 1.807) is 30.7 Å². The molecule has 90 heavy (non-hydrogen) atoms. The fourth-order valence-electron chi connectivity index (χ4n) is 13.3. The number of nitrogens with zero attached hydrogens (tertiary/aromatic N) is 3. The Bertz CT molecular complexity index is 4150. The number of esters is 1. The lowest BCUT2D eigenvalue weighted by molar-refractivity contribution is -0.154. The van der Waals surface area contributed by atoms with E-state index < -0.39 is 40.8 Å². The number of sulfonamides is 1. The van der Waals surface area contributed by atoms with Gasteiger partial charge in [0, 0.05) is 102 Å². The molecule has 5 aliphatic rings. The first-order valence-electron chi connectivity index (χ1n) is 31.0. The van der Waals surface area contributed by atoms with Crippen LogP contribution in [0.5, 0.6) is 11.5 Å². The molecule has 0 saturated carbocycles. The number of carbonyl (C=O) groups is 3. The maximum atomic E-state index is 15.2. The van der Waals surface area contributed by atoms with Crippen LogP contribution in [0.2, 0.25) is 0 Å². The number of para-hydroxylation sites is 2. The van der Waals surface area contributed by atoms with E-state index in [0.29, 0.717) is 73.4 Å². The standard InChI is InChI=1S/C74H73N3O12S/c1-84-60-31-25-56(26-32-60)74(55-18-6-4-7-19-55,57-27-33-61(85-2)34-28-57)88-48-51(47-87-72(81)50-86-49-71(79)80)15-5-3-8-23-67(78)54-37-41-75(42-38-54)90(82,83)70-24-14-11-20-64(70)73-62-35-29-58(76-43-39-52-16-9-12-21-65(52)76)45-68(62)89-69-46-59(30-36-63(69)73)77-44-40-53-17-10-13-22-66(53)77/h4,6-7,9-14,16-22,24-36,45-46,51,54H,3,5,8,15,23,37-44,47-50H2,1-2H3/p+1. The lowest BCUT2D eigenvalue weighted by atomic mass is 9.79. The van der Waals surface area contributed by atoms with Crippen molar-refractivity contribution in [3.63, 3.8) is 0 Å². The summed E-state index contributed by atoms with van der Waals surface area (Å²) in [6.45, 7) is 1.07. The van der Waals surface area contributed by atoms with Crippen molar-refractivity contribution in [2.75, 3.05) is 71.7 Å². The highest BCUT2D eigenvalue weighted by Crippen LogP contribution is 2.46. The lowest BCUT2D eigenvalue weighted by Gasteiger charge is -2.37. The molecule has 1 atom stereocenters. The predicted octanol–water partition coefficient (Wildman–Crippen LogP) is 12.8. The second-order valence-corrected chi connectivity index (χ2v) is 25.3. The predicted molar refractivity (Wildman–Crippen MR) is 346 cm³/mol. The molecule has 1 aliphatic carbocycles. The molecular formula is C74H74N3O12S+. The zero-order valence-corrected chi connectivity index (χ0v) is 51.6. The quantitative estimate of drug-likeness (QED) is 0.0188. The van der Waals surface area contributed by atoms with Crippen LogP contribution in [-0.4, -0.2) is 102 Å². The average Bonchev–Trinajstić information content (AvgIpc) is 0.842. The number of benzene rings is 8. The molecule has 462 valence electrons. The van der Waals surface area contributed by atoms with Gasteiger partial charge in [0.05, 0.1) is 38.4 Å². The first-order chi connectivity index (χ1) is 43.9. The van der Waals surface area contributed by atoms with Crippen LogP contribution < -0.4 is 24.3 Å². The average molecular weight is 1230 g/mol. The van der Waals surface area contributed by atoms with E-state index >= 15 is 8.42 Å². The third kappa shape index (κ3) is 12.9. The van der Waals surface area contributed by atoms with Crippen LogP contribution in [0.15, 0.2) is 197 Å². The number of unbranched alkanes of at least 4 members (excludes halogenated alkanes) is 2. The van der Waals surface area contributed by atoms with E-state index in [-0.39, 0.29) is 48.8 Å². The number of hydrogen-bond acceptors (Lipinski definition) is 12. The van der Waals surface area contributed by atoms with Crippen LogP contribution in [0.3, 0.4) is 0 Å². The Kier molecular flexibility index (Phi) is 18.7. The molecule has 1 unspecified atom stereocenters. The van der Waals surface area contributed by atoms with Gasteiger partial charge in [0.15, 0.2) is 6.54 Å². The van der Waals surface area contributed by atoms with Gasteiger partial charge in [0.2, 0.25) is 21.1 Å². The zero-order chi connectivity index (χ0) is 62.2. The zero-order valence-electron chi connectivity index (χ0n) is 50.8. The molecule has 0 aromatic heterocycles. The van der Waals surface area contributed by atoms with E-state index in [0.717, 1.165) is 70.2 Å². The summed E-state index contributed by atoms with van der Waals surface area (Å²) >= 11 is 0. The summed E-state index contributed by atoms with van der Waals surface area (Å²) in [4.78, 5) is 40.5. The number of carboxylic acid groups (broad SMARTS) is 1. The van der Waals surface area contributed by atoms with E-state index in [4.69, 9.17) is 33.2 Å². The van der Waals surface area contributed by atoms with Crippen LogP contribution in [0.1, 0.15) is 72.8 Å². The van der Waals surface area contributed by atoms with Gasteiger partial charge in [-0.05, 0) is 109 Å². The van der Waals surface area contributed by atoms with Crippen molar-refractivity contribution >= 4 is 55.8 Å². The number of methoxy groups -OCH3 is 2. The van der Waals surface area contributed by atoms with Crippen LogP contribution in [0, 0.1) is 11.8 Å². The number of ketones is 1. The summed E-state index contributed by atoms with van der Waals surface area (Å²) in [6.07, 6.45) is 5.64. The van der Waals surface area contributed by atoms with E-state index in [1.165, 1.54) is 22.5 Å². The molecule has 1 saturated heterocycles. The maximum absolute atomic E-state index is 15.2. The van der Waals surface area contributed by atoms with Crippen LogP contribution >= 0.6 is 0 Å². The molecule has 0 bridgehead atoms. The van der Waals surface area contributed by atoms with Gasteiger partial charge in [-0.2, -0.15) is 8.88 Å². The molecule has 1 fully saturated rings. The Labute approximate surface area is 525 Å². The molecule has 0 spiro atoms. The molecular weight excluding hydrogens is 1150 g/mol.